The molecule has 0 radical (unpaired) electrons. The van der Waals surface area contributed by atoms with Gasteiger partial charge in [-0.2, -0.15) is 0 Å². The highest BCUT2D eigenvalue weighted by molar-refractivity contribution is 5.97. The molecule has 3 heteroatoms. The number of nitrogens with two attached hydrogens (primary N) is 1. The van der Waals surface area contributed by atoms with Crippen molar-refractivity contribution in [3.8, 4) is 0 Å². The van der Waals surface area contributed by atoms with Crippen molar-refractivity contribution in [2.45, 2.75) is 27.2 Å². The summed E-state index contributed by atoms with van der Waals surface area (Å²) in [6.45, 7) is 8.29. The quantitative estimate of drug-likeness (QED) is 0.531. The summed E-state index contributed by atoms with van der Waals surface area (Å²) < 4.78 is 0. The summed E-state index contributed by atoms with van der Waals surface area (Å²) in [5.74, 6) is 1.01. The van der Waals surface area contributed by atoms with Gasteiger partial charge in [-0.15, -0.1) is 0 Å². The fourth-order valence-corrected chi connectivity index (χ4v) is 1.33. The Morgan fingerprint density at radius 1 is 1.46 bits per heavy atom. The van der Waals surface area contributed by atoms with Crippen molar-refractivity contribution in [3.05, 3.63) is 11.8 Å². The standard InChI is InChI=1S/C10H21N3/c1-5-7-13(6-2)10(12-4)9(3)8-11/h8H,5-7,11H2,1-4H3/b9-8-,12-10+. The monoisotopic (exact) mass is 183 g/mol. The van der Waals surface area contributed by atoms with Gasteiger partial charge in [0.2, 0.25) is 0 Å². The summed E-state index contributed by atoms with van der Waals surface area (Å²) >= 11 is 0. The second-order valence-electron chi connectivity index (χ2n) is 2.98. The van der Waals surface area contributed by atoms with Gasteiger partial charge in [-0.25, -0.2) is 0 Å². The molecule has 0 rings (SSSR count). The molecule has 0 aromatic carbocycles. The van der Waals surface area contributed by atoms with Gasteiger partial charge in [-0.1, -0.05) is 6.92 Å². The first-order valence-electron chi connectivity index (χ1n) is 4.81. The highest BCUT2D eigenvalue weighted by atomic mass is 15.2. The van der Waals surface area contributed by atoms with E-state index in [4.69, 9.17) is 5.73 Å². The van der Waals surface area contributed by atoms with Gasteiger partial charge in [-0.05, 0) is 20.3 Å². The molecule has 0 spiro atoms. The summed E-state index contributed by atoms with van der Waals surface area (Å²) in [4.78, 5) is 6.48. The zero-order chi connectivity index (χ0) is 10.3. The molecule has 76 valence electrons. The van der Waals surface area contributed by atoms with E-state index in [1.165, 1.54) is 0 Å². The highest BCUT2D eigenvalue weighted by Gasteiger charge is 2.08. The maximum Gasteiger partial charge on any atom is 0.127 e. The molecular formula is C10H21N3. The van der Waals surface area contributed by atoms with Crippen LogP contribution in [0.25, 0.3) is 0 Å². The Morgan fingerprint density at radius 3 is 2.38 bits per heavy atom. The third-order valence-electron chi connectivity index (χ3n) is 1.99. The Kier molecular flexibility index (Phi) is 6.02. The lowest BCUT2D eigenvalue weighted by Gasteiger charge is -2.24. The fourth-order valence-electron chi connectivity index (χ4n) is 1.33. The second kappa shape index (κ2) is 6.52. The van der Waals surface area contributed by atoms with Crippen LogP contribution in [0, 0.1) is 0 Å². The van der Waals surface area contributed by atoms with Gasteiger partial charge in [0.05, 0.1) is 0 Å². The molecule has 0 aromatic heterocycles. The lowest BCUT2D eigenvalue weighted by Crippen LogP contribution is -2.32. The van der Waals surface area contributed by atoms with Crippen molar-refractivity contribution < 1.29 is 0 Å². The number of amidine groups is 1. The smallest absolute Gasteiger partial charge is 0.127 e. The van der Waals surface area contributed by atoms with E-state index in [2.05, 4.69) is 23.7 Å². The van der Waals surface area contributed by atoms with E-state index in [1.54, 1.807) is 13.2 Å². The predicted molar refractivity (Wildman–Crippen MR) is 58.8 cm³/mol. The van der Waals surface area contributed by atoms with E-state index < -0.39 is 0 Å². The molecule has 2 N–H and O–H groups in total. The first kappa shape index (κ1) is 12.0. The molecule has 0 amide bonds. The van der Waals surface area contributed by atoms with Crippen molar-refractivity contribution in [1.82, 2.24) is 4.90 Å². The molecule has 0 aliphatic carbocycles. The van der Waals surface area contributed by atoms with Crippen LogP contribution in [0.3, 0.4) is 0 Å². The highest BCUT2D eigenvalue weighted by Crippen LogP contribution is 2.02. The Bertz CT molecular complexity index is 194. The average Bonchev–Trinajstić information content (AvgIpc) is 2.17. The minimum absolute atomic E-state index is 0.978. The molecule has 0 aliphatic heterocycles. The maximum atomic E-state index is 5.47. The van der Waals surface area contributed by atoms with Crippen LogP contribution in [0.5, 0.6) is 0 Å². The van der Waals surface area contributed by atoms with Crippen molar-refractivity contribution in [3.63, 3.8) is 0 Å². The van der Waals surface area contributed by atoms with E-state index in [0.717, 1.165) is 30.9 Å². The Balaban J connectivity index is 4.54. The maximum absolute atomic E-state index is 5.47. The zero-order valence-electron chi connectivity index (χ0n) is 9.17. The van der Waals surface area contributed by atoms with Crippen molar-refractivity contribution in [2.24, 2.45) is 10.7 Å². The normalized spacial score (nSPS) is 13.2. The van der Waals surface area contributed by atoms with E-state index in [-0.39, 0.29) is 0 Å². The van der Waals surface area contributed by atoms with Crippen molar-refractivity contribution >= 4 is 5.84 Å². The van der Waals surface area contributed by atoms with E-state index in [1.807, 2.05) is 6.92 Å². The van der Waals surface area contributed by atoms with E-state index >= 15 is 0 Å². The Hall–Kier alpha value is -0.990. The fraction of sp³-hybridized carbons (Fsp3) is 0.700. The number of aliphatic imine (C=N–C) groups is 1. The molecule has 0 fully saturated rings. The average molecular weight is 183 g/mol. The number of likely N-dealkylation sites (N-methyl/N-ethyl adjacent to an activating group) is 1. The summed E-state index contributed by atoms with van der Waals surface area (Å²) in [6.07, 6.45) is 2.74. The molecular weight excluding hydrogens is 162 g/mol. The summed E-state index contributed by atoms with van der Waals surface area (Å²) in [7, 11) is 1.81. The van der Waals surface area contributed by atoms with Crippen molar-refractivity contribution in [1.29, 1.82) is 0 Å². The molecule has 0 saturated heterocycles. The summed E-state index contributed by atoms with van der Waals surface area (Å²) in [5.41, 5.74) is 6.51. The summed E-state index contributed by atoms with van der Waals surface area (Å²) in [6, 6.07) is 0. The number of hydrogen-bond acceptors (Lipinski definition) is 2. The minimum atomic E-state index is 0.978. The molecule has 3 nitrogen and oxygen atoms in total. The molecule has 0 atom stereocenters. The lowest BCUT2D eigenvalue weighted by molar-refractivity contribution is 0.439. The van der Waals surface area contributed by atoms with Crippen LogP contribution >= 0.6 is 0 Å². The Labute approximate surface area is 81.3 Å². The number of nitrogens with zero attached hydrogens (tertiary/aromatic N) is 2. The van der Waals surface area contributed by atoms with Crippen LogP contribution in [0.4, 0.5) is 0 Å². The third-order valence-corrected chi connectivity index (χ3v) is 1.99. The summed E-state index contributed by atoms with van der Waals surface area (Å²) in [5, 5.41) is 0. The third kappa shape index (κ3) is 3.49. The molecule has 13 heavy (non-hydrogen) atoms. The first-order valence-corrected chi connectivity index (χ1v) is 4.81. The van der Waals surface area contributed by atoms with Crippen LogP contribution < -0.4 is 5.73 Å². The van der Waals surface area contributed by atoms with Crippen LogP contribution in [0.1, 0.15) is 27.2 Å². The van der Waals surface area contributed by atoms with Gasteiger partial charge in [0, 0.05) is 31.9 Å². The SMILES string of the molecule is CCCN(CC)C(=N/C)/C(C)=C\N. The number of rotatable bonds is 4. The van der Waals surface area contributed by atoms with E-state index in [0.29, 0.717) is 0 Å². The minimum Gasteiger partial charge on any atom is -0.404 e. The van der Waals surface area contributed by atoms with Crippen molar-refractivity contribution in [2.75, 3.05) is 20.1 Å². The molecule has 0 heterocycles. The second-order valence-corrected chi connectivity index (χ2v) is 2.98. The van der Waals surface area contributed by atoms with Crippen LogP contribution in [-0.2, 0) is 0 Å². The topological polar surface area (TPSA) is 41.6 Å². The van der Waals surface area contributed by atoms with Gasteiger partial charge in [0.1, 0.15) is 5.84 Å². The molecule has 0 aromatic rings. The van der Waals surface area contributed by atoms with Crippen LogP contribution in [0.15, 0.2) is 16.8 Å². The van der Waals surface area contributed by atoms with Crippen LogP contribution in [0.2, 0.25) is 0 Å². The molecule has 0 bridgehead atoms. The van der Waals surface area contributed by atoms with Gasteiger partial charge in [0.15, 0.2) is 0 Å². The largest absolute Gasteiger partial charge is 0.404 e. The first-order chi connectivity index (χ1) is 6.21. The van der Waals surface area contributed by atoms with Crippen LogP contribution in [-0.4, -0.2) is 30.9 Å². The lowest BCUT2D eigenvalue weighted by atomic mass is 10.2. The van der Waals surface area contributed by atoms with Gasteiger partial charge >= 0.3 is 0 Å². The van der Waals surface area contributed by atoms with Gasteiger partial charge < -0.3 is 10.6 Å². The predicted octanol–water partition coefficient (Wildman–Crippen LogP) is 1.61. The van der Waals surface area contributed by atoms with Gasteiger partial charge in [-0.3, -0.25) is 4.99 Å². The molecule has 0 saturated carbocycles. The molecule has 0 unspecified atom stereocenters. The Morgan fingerprint density at radius 2 is 2.08 bits per heavy atom. The van der Waals surface area contributed by atoms with Gasteiger partial charge in [0.25, 0.3) is 0 Å². The molecule has 0 aliphatic rings. The zero-order valence-corrected chi connectivity index (χ0v) is 9.17. The number of hydrogen-bond donors (Lipinski definition) is 1. The van der Waals surface area contributed by atoms with E-state index in [9.17, 15) is 0 Å².